The Morgan fingerprint density at radius 1 is 0.971 bits per heavy atom. The van der Waals surface area contributed by atoms with Crippen LogP contribution in [0.4, 0.5) is 11.5 Å². The molecule has 0 bridgehead atoms. The summed E-state index contributed by atoms with van der Waals surface area (Å²) < 4.78 is 9.87. The van der Waals surface area contributed by atoms with Crippen LogP contribution < -0.4 is 10.2 Å². The van der Waals surface area contributed by atoms with Gasteiger partial charge in [0.25, 0.3) is 17.7 Å². The number of anilines is 2. The lowest BCUT2D eigenvalue weighted by atomic mass is 9.94. The number of aryl methyl sites for hydroxylation is 1. The molecule has 2 heterocycles. The van der Waals surface area contributed by atoms with Crippen LogP contribution in [-0.4, -0.2) is 35.5 Å². The molecule has 0 aliphatic carbocycles. The van der Waals surface area contributed by atoms with Gasteiger partial charge >= 0.3 is 5.97 Å². The van der Waals surface area contributed by atoms with E-state index in [-0.39, 0.29) is 11.4 Å². The summed E-state index contributed by atoms with van der Waals surface area (Å²) in [6, 6.07) is 18.0. The molecule has 4 aromatic rings. The number of carbonyl (C=O) groups is 4. The van der Waals surface area contributed by atoms with Gasteiger partial charge in [0.05, 0.1) is 11.3 Å². The first-order valence-electron chi connectivity index (χ1n) is 10.3. The third-order valence-electron chi connectivity index (χ3n) is 5.36. The van der Waals surface area contributed by atoms with E-state index in [0.717, 1.165) is 10.3 Å². The lowest BCUT2D eigenvalue weighted by Crippen LogP contribution is -2.40. The second-order valence-corrected chi connectivity index (χ2v) is 7.65. The van der Waals surface area contributed by atoms with Crippen molar-refractivity contribution >= 4 is 46.0 Å². The van der Waals surface area contributed by atoms with Gasteiger partial charge in [-0.3, -0.25) is 14.4 Å². The number of hydrogen-bond acceptors (Lipinski definition) is 7. The number of nitrogens with zero attached hydrogens (tertiary/aromatic N) is 2. The smallest absolute Gasteiger partial charge is 0.338 e. The van der Waals surface area contributed by atoms with Crippen molar-refractivity contribution in [2.45, 2.75) is 6.92 Å². The monoisotopic (exact) mass is 455 g/mol. The van der Waals surface area contributed by atoms with E-state index in [9.17, 15) is 19.2 Å². The second kappa shape index (κ2) is 8.28. The van der Waals surface area contributed by atoms with Crippen LogP contribution in [0.2, 0.25) is 0 Å². The van der Waals surface area contributed by atoms with Crippen LogP contribution in [0.1, 0.15) is 36.8 Å². The molecule has 9 nitrogen and oxygen atoms in total. The SMILES string of the molecule is Cc1cc(NC(=O)COC(=O)c2ccc(N3C(=O)c4cccc5cccc(c45)C3=O)cc2)no1. The highest BCUT2D eigenvalue weighted by Crippen LogP contribution is 2.32. The lowest BCUT2D eigenvalue weighted by Gasteiger charge is -2.27. The average Bonchev–Trinajstić information content (AvgIpc) is 3.25. The van der Waals surface area contributed by atoms with Gasteiger partial charge in [0.2, 0.25) is 0 Å². The summed E-state index contributed by atoms with van der Waals surface area (Å²) in [7, 11) is 0. The molecule has 9 heteroatoms. The van der Waals surface area contributed by atoms with Crippen LogP contribution >= 0.6 is 0 Å². The fourth-order valence-electron chi connectivity index (χ4n) is 3.83. The van der Waals surface area contributed by atoms with Gasteiger partial charge in [0.15, 0.2) is 12.4 Å². The molecular formula is C25H17N3O6. The Balaban J connectivity index is 1.30. The zero-order valence-corrected chi connectivity index (χ0v) is 17.9. The predicted octanol–water partition coefficient (Wildman–Crippen LogP) is 3.73. The molecule has 1 aliphatic rings. The van der Waals surface area contributed by atoms with Crippen LogP contribution in [-0.2, 0) is 9.53 Å². The molecule has 34 heavy (non-hydrogen) atoms. The van der Waals surface area contributed by atoms with Crippen molar-refractivity contribution in [3.8, 4) is 0 Å². The summed E-state index contributed by atoms with van der Waals surface area (Å²) in [5.41, 5.74) is 1.35. The number of nitrogens with one attached hydrogen (secondary N) is 1. The number of amides is 3. The van der Waals surface area contributed by atoms with Crippen molar-refractivity contribution in [2.75, 3.05) is 16.8 Å². The Morgan fingerprint density at radius 3 is 2.21 bits per heavy atom. The third-order valence-corrected chi connectivity index (χ3v) is 5.36. The van der Waals surface area contributed by atoms with Gasteiger partial charge in [-0.15, -0.1) is 0 Å². The number of aromatic nitrogens is 1. The van der Waals surface area contributed by atoms with Gasteiger partial charge in [0, 0.05) is 22.6 Å². The molecule has 5 rings (SSSR count). The molecule has 0 radical (unpaired) electrons. The molecule has 0 fully saturated rings. The van der Waals surface area contributed by atoms with Crippen molar-refractivity contribution in [1.82, 2.24) is 5.16 Å². The maximum Gasteiger partial charge on any atom is 0.338 e. The number of carbonyl (C=O) groups excluding carboxylic acids is 4. The van der Waals surface area contributed by atoms with Crippen molar-refractivity contribution in [3.63, 3.8) is 0 Å². The molecule has 0 saturated carbocycles. The number of hydrogen-bond donors (Lipinski definition) is 1. The molecule has 1 N–H and O–H groups in total. The molecule has 0 saturated heterocycles. The summed E-state index contributed by atoms with van der Waals surface area (Å²) in [6.45, 7) is 1.16. The molecule has 3 amide bonds. The standard InChI is InChI=1S/C25H17N3O6/c1-14-12-20(27-34-14)26-21(29)13-33-25(32)16-8-10-17(11-9-16)28-23(30)18-6-2-4-15-5-3-7-19(22(15)18)24(28)31/h2-12H,13H2,1H3,(H,26,27,29). The van der Waals surface area contributed by atoms with Crippen molar-refractivity contribution in [3.05, 3.63) is 89.2 Å². The van der Waals surface area contributed by atoms with Crippen LogP contribution in [0.3, 0.4) is 0 Å². The van der Waals surface area contributed by atoms with E-state index in [1.54, 1.807) is 31.2 Å². The number of rotatable bonds is 5. The van der Waals surface area contributed by atoms with Gasteiger partial charge in [-0.1, -0.05) is 29.4 Å². The third kappa shape index (κ3) is 3.69. The van der Waals surface area contributed by atoms with E-state index in [1.165, 1.54) is 30.3 Å². The second-order valence-electron chi connectivity index (χ2n) is 7.65. The van der Waals surface area contributed by atoms with Gasteiger partial charge < -0.3 is 14.6 Å². The van der Waals surface area contributed by atoms with Crippen molar-refractivity contribution in [2.24, 2.45) is 0 Å². The summed E-state index contributed by atoms with van der Waals surface area (Å²) in [6.07, 6.45) is 0. The van der Waals surface area contributed by atoms with Gasteiger partial charge in [-0.25, -0.2) is 9.69 Å². The van der Waals surface area contributed by atoms with E-state index in [0.29, 0.717) is 28.0 Å². The Kier molecular flexibility index (Phi) is 5.14. The van der Waals surface area contributed by atoms with Gasteiger partial charge in [-0.2, -0.15) is 0 Å². The lowest BCUT2D eigenvalue weighted by molar-refractivity contribution is -0.119. The van der Waals surface area contributed by atoms with Crippen molar-refractivity contribution < 1.29 is 28.4 Å². The molecule has 1 aliphatic heterocycles. The topological polar surface area (TPSA) is 119 Å². The minimum atomic E-state index is -0.732. The highest BCUT2D eigenvalue weighted by molar-refractivity contribution is 6.35. The largest absolute Gasteiger partial charge is 0.452 e. The fraction of sp³-hybridized carbons (Fsp3) is 0.0800. The molecule has 168 valence electrons. The summed E-state index contributed by atoms with van der Waals surface area (Å²) in [5, 5.41) is 7.52. The summed E-state index contributed by atoms with van der Waals surface area (Å²) in [4.78, 5) is 51.6. The first kappa shape index (κ1) is 21.1. The summed E-state index contributed by atoms with van der Waals surface area (Å²) >= 11 is 0. The van der Waals surface area contributed by atoms with Crippen molar-refractivity contribution in [1.29, 1.82) is 0 Å². The first-order valence-corrected chi connectivity index (χ1v) is 10.3. The predicted molar refractivity (Wildman–Crippen MR) is 122 cm³/mol. The number of imide groups is 1. The fourth-order valence-corrected chi connectivity index (χ4v) is 3.83. The molecule has 0 spiro atoms. The maximum atomic E-state index is 13.1. The number of esters is 1. The maximum absolute atomic E-state index is 13.1. The van der Waals surface area contributed by atoms with Gasteiger partial charge in [-0.05, 0) is 48.7 Å². The zero-order valence-electron chi connectivity index (χ0n) is 17.9. The van der Waals surface area contributed by atoms with Crippen LogP contribution in [0.5, 0.6) is 0 Å². The Labute approximate surface area is 192 Å². The van der Waals surface area contributed by atoms with E-state index >= 15 is 0 Å². The summed E-state index contributed by atoms with van der Waals surface area (Å²) in [5.74, 6) is -1.44. The van der Waals surface area contributed by atoms with E-state index in [2.05, 4.69) is 10.5 Å². The van der Waals surface area contributed by atoms with Crippen LogP contribution in [0.25, 0.3) is 10.8 Å². The molecule has 1 aromatic heterocycles. The molecule has 0 unspecified atom stereocenters. The zero-order chi connectivity index (χ0) is 23.8. The Bertz CT molecular complexity index is 1420. The normalized spacial score (nSPS) is 12.7. The van der Waals surface area contributed by atoms with Crippen LogP contribution in [0, 0.1) is 6.92 Å². The first-order chi connectivity index (χ1) is 16.4. The van der Waals surface area contributed by atoms with E-state index in [1.807, 2.05) is 12.1 Å². The molecule has 3 aromatic carbocycles. The van der Waals surface area contributed by atoms with Gasteiger partial charge in [0.1, 0.15) is 5.76 Å². The Morgan fingerprint density at radius 2 is 1.62 bits per heavy atom. The number of benzene rings is 3. The highest BCUT2D eigenvalue weighted by Gasteiger charge is 2.33. The Hall–Kier alpha value is -4.79. The molecular weight excluding hydrogens is 438 g/mol. The number of ether oxygens (including phenoxy) is 1. The average molecular weight is 455 g/mol. The minimum absolute atomic E-state index is 0.160. The quantitative estimate of drug-likeness (QED) is 0.360. The minimum Gasteiger partial charge on any atom is -0.452 e. The van der Waals surface area contributed by atoms with E-state index in [4.69, 9.17) is 9.26 Å². The van der Waals surface area contributed by atoms with E-state index < -0.39 is 30.3 Å². The van der Waals surface area contributed by atoms with Crippen LogP contribution in [0.15, 0.2) is 71.3 Å². The highest BCUT2D eigenvalue weighted by atomic mass is 16.5. The molecule has 0 atom stereocenters.